The number of nitrogens with zero attached hydrogens (tertiary/aromatic N) is 4. The Morgan fingerprint density at radius 1 is 0.935 bits per heavy atom. The summed E-state index contributed by atoms with van der Waals surface area (Å²) in [5.41, 5.74) is 2.47. The fourth-order valence-corrected chi connectivity index (χ4v) is 4.84. The number of thiophene rings is 1. The molecule has 0 atom stereocenters. The van der Waals surface area contributed by atoms with Crippen LogP contribution in [0.2, 0.25) is 0 Å². The minimum atomic E-state index is -3.89. The zero-order valence-corrected chi connectivity index (χ0v) is 17.4. The number of sulfonamides is 1. The van der Waals surface area contributed by atoms with Gasteiger partial charge in [0, 0.05) is 11.3 Å². The predicted molar refractivity (Wildman–Crippen MR) is 117 cm³/mol. The molecule has 0 aliphatic carbocycles. The summed E-state index contributed by atoms with van der Waals surface area (Å²) in [5.74, 6) is 0.0434. The first-order chi connectivity index (χ1) is 15.0. The van der Waals surface area contributed by atoms with Gasteiger partial charge in [0.05, 0.1) is 15.5 Å². The van der Waals surface area contributed by atoms with Gasteiger partial charge in [0.25, 0.3) is 10.0 Å². The van der Waals surface area contributed by atoms with Crippen LogP contribution in [-0.4, -0.2) is 28.2 Å². The van der Waals surface area contributed by atoms with Crippen LogP contribution >= 0.6 is 11.3 Å². The van der Waals surface area contributed by atoms with Crippen LogP contribution < -0.4 is 4.72 Å². The average Bonchev–Trinajstić information content (AvgIpc) is 3.43. The van der Waals surface area contributed by atoms with Crippen molar-refractivity contribution in [2.45, 2.75) is 4.90 Å². The van der Waals surface area contributed by atoms with Crippen molar-refractivity contribution in [1.29, 1.82) is 0 Å². The van der Waals surface area contributed by atoms with Crippen molar-refractivity contribution >= 4 is 32.7 Å². The molecule has 0 radical (unpaired) electrons. The molecule has 3 aromatic heterocycles. The SMILES string of the molecule is O=S(=O)(Nc1ccc(-c2ccc3nnc(-c4cccs4)n3n2)cc1)c1cccc(F)c1. The van der Waals surface area contributed by atoms with E-state index in [0.29, 0.717) is 22.9 Å². The third kappa shape index (κ3) is 3.78. The summed E-state index contributed by atoms with van der Waals surface area (Å²) < 4.78 is 42.4. The molecule has 0 saturated carbocycles. The molecule has 2 aromatic carbocycles. The second-order valence-corrected chi connectivity index (χ2v) is 9.26. The van der Waals surface area contributed by atoms with Crippen molar-refractivity contribution in [1.82, 2.24) is 19.8 Å². The van der Waals surface area contributed by atoms with Crippen molar-refractivity contribution < 1.29 is 12.8 Å². The van der Waals surface area contributed by atoms with E-state index in [1.165, 1.54) is 18.2 Å². The molecule has 0 fully saturated rings. The summed E-state index contributed by atoms with van der Waals surface area (Å²) in [6.45, 7) is 0. The highest BCUT2D eigenvalue weighted by Gasteiger charge is 2.15. The Bertz CT molecular complexity index is 1480. The van der Waals surface area contributed by atoms with E-state index in [-0.39, 0.29) is 4.90 Å². The Hall–Kier alpha value is -3.63. The highest BCUT2D eigenvalue weighted by atomic mass is 32.2. The number of benzene rings is 2. The van der Waals surface area contributed by atoms with Crippen molar-refractivity contribution in [3.8, 4) is 22.0 Å². The lowest BCUT2D eigenvalue weighted by atomic mass is 10.1. The van der Waals surface area contributed by atoms with Gasteiger partial charge in [-0.25, -0.2) is 12.8 Å². The largest absolute Gasteiger partial charge is 0.280 e. The first-order valence-electron chi connectivity index (χ1n) is 9.15. The molecule has 0 aliphatic rings. The third-order valence-corrected chi connectivity index (χ3v) is 6.79. The van der Waals surface area contributed by atoms with Gasteiger partial charge in [-0.2, -0.15) is 9.61 Å². The molecule has 154 valence electrons. The van der Waals surface area contributed by atoms with Gasteiger partial charge >= 0.3 is 0 Å². The van der Waals surface area contributed by atoms with E-state index < -0.39 is 15.8 Å². The monoisotopic (exact) mass is 451 g/mol. The molecule has 10 heteroatoms. The van der Waals surface area contributed by atoms with Crippen LogP contribution in [0.5, 0.6) is 0 Å². The molecule has 0 bridgehead atoms. The fraction of sp³-hybridized carbons (Fsp3) is 0. The maximum atomic E-state index is 13.4. The molecule has 7 nitrogen and oxygen atoms in total. The van der Waals surface area contributed by atoms with Crippen LogP contribution in [-0.2, 0) is 10.0 Å². The summed E-state index contributed by atoms with van der Waals surface area (Å²) >= 11 is 1.55. The Labute approximate surface area is 180 Å². The highest BCUT2D eigenvalue weighted by Crippen LogP contribution is 2.25. The molecule has 5 aromatic rings. The average molecular weight is 452 g/mol. The van der Waals surface area contributed by atoms with Gasteiger partial charge in [-0.1, -0.05) is 24.3 Å². The highest BCUT2D eigenvalue weighted by molar-refractivity contribution is 7.92. The summed E-state index contributed by atoms with van der Waals surface area (Å²) in [4.78, 5) is 0.816. The number of anilines is 1. The van der Waals surface area contributed by atoms with Gasteiger partial charge in [0.15, 0.2) is 11.5 Å². The topological polar surface area (TPSA) is 89.2 Å². The quantitative estimate of drug-likeness (QED) is 0.426. The second kappa shape index (κ2) is 7.56. The first kappa shape index (κ1) is 19.3. The number of nitrogens with one attached hydrogen (secondary N) is 1. The molecule has 5 rings (SSSR count). The van der Waals surface area contributed by atoms with Gasteiger partial charge < -0.3 is 0 Å². The molecular weight excluding hydrogens is 437 g/mol. The molecule has 31 heavy (non-hydrogen) atoms. The molecule has 0 aliphatic heterocycles. The van der Waals surface area contributed by atoms with E-state index >= 15 is 0 Å². The maximum Gasteiger partial charge on any atom is 0.261 e. The van der Waals surface area contributed by atoms with Gasteiger partial charge in [-0.05, 0) is 53.9 Å². The zero-order chi connectivity index (χ0) is 21.4. The lowest BCUT2D eigenvalue weighted by molar-refractivity contribution is 0.595. The molecule has 0 amide bonds. The molecule has 0 saturated heterocycles. The summed E-state index contributed by atoms with van der Waals surface area (Å²) in [6, 6.07) is 19.2. The second-order valence-electron chi connectivity index (χ2n) is 6.63. The standard InChI is InChI=1S/C21H14FN5O2S2/c22-15-3-1-4-17(13-15)31(28,29)26-16-8-6-14(7-9-16)18-10-11-20-23-24-21(27(20)25-18)19-5-2-12-30-19/h1-13,26H. The Kier molecular flexibility index (Phi) is 4.72. The van der Waals surface area contributed by atoms with E-state index in [1.54, 1.807) is 40.1 Å². The number of fused-ring (bicyclic) bond motifs is 1. The lowest BCUT2D eigenvalue weighted by Gasteiger charge is -2.09. The van der Waals surface area contributed by atoms with Crippen molar-refractivity contribution in [3.05, 3.63) is 84.0 Å². The summed E-state index contributed by atoms with van der Waals surface area (Å²) in [7, 11) is -3.89. The lowest BCUT2D eigenvalue weighted by Crippen LogP contribution is -2.13. The number of aromatic nitrogens is 4. The normalized spacial score (nSPS) is 11.6. The Morgan fingerprint density at radius 2 is 1.77 bits per heavy atom. The number of hydrogen-bond acceptors (Lipinski definition) is 6. The van der Waals surface area contributed by atoms with Gasteiger partial charge in [0.2, 0.25) is 0 Å². The van der Waals surface area contributed by atoms with Gasteiger partial charge in [-0.15, -0.1) is 21.5 Å². The van der Waals surface area contributed by atoms with Crippen LogP contribution in [0.3, 0.4) is 0 Å². The minimum absolute atomic E-state index is 0.141. The van der Waals surface area contributed by atoms with E-state index in [9.17, 15) is 12.8 Å². The number of halogens is 1. The molecular formula is C21H14FN5O2S2. The molecule has 0 unspecified atom stereocenters. The van der Waals surface area contributed by atoms with Crippen molar-refractivity contribution in [2.24, 2.45) is 0 Å². The molecule has 3 heterocycles. The number of hydrogen-bond donors (Lipinski definition) is 1. The molecule has 1 N–H and O–H groups in total. The third-order valence-electron chi connectivity index (χ3n) is 4.54. The first-order valence-corrected chi connectivity index (χ1v) is 11.5. The van der Waals surface area contributed by atoms with Gasteiger partial charge in [-0.3, -0.25) is 4.72 Å². The Balaban J connectivity index is 1.44. The zero-order valence-electron chi connectivity index (χ0n) is 15.8. The summed E-state index contributed by atoms with van der Waals surface area (Å²) in [5, 5.41) is 15.0. The van der Waals surface area contributed by atoms with Crippen molar-refractivity contribution in [3.63, 3.8) is 0 Å². The minimum Gasteiger partial charge on any atom is -0.280 e. The van der Waals surface area contributed by atoms with Crippen LogP contribution in [0, 0.1) is 5.82 Å². The van der Waals surface area contributed by atoms with Gasteiger partial charge in [0.1, 0.15) is 5.82 Å². The van der Waals surface area contributed by atoms with Crippen LogP contribution in [0.15, 0.2) is 83.1 Å². The predicted octanol–water partition coefficient (Wildman–Crippen LogP) is 4.46. The van der Waals surface area contributed by atoms with Crippen molar-refractivity contribution in [2.75, 3.05) is 4.72 Å². The molecule has 0 spiro atoms. The summed E-state index contributed by atoms with van der Waals surface area (Å²) in [6.07, 6.45) is 0. The smallest absolute Gasteiger partial charge is 0.261 e. The fourth-order valence-electron chi connectivity index (χ4n) is 3.06. The van der Waals surface area contributed by atoms with Crippen LogP contribution in [0.1, 0.15) is 0 Å². The number of rotatable bonds is 5. The van der Waals surface area contributed by atoms with E-state index in [4.69, 9.17) is 0 Å². The van der Waals surface area contributed by atoms with E-state index in [2.05, 4.69) is 20.0 Å². The van der Waals surface area contributed by atoms with Crippen LogP contribution in [0.4, 0.5) is 10.1 Å². The Morgan fingerprint density at radius 3 is 2.52 bits per heavy atom. The van der Waals surface area contributed by atoms with E-state index in [1.807, 2.05) is 29.6 Å². The van der Waals surface area contributed by atoms with E-state index in [0.717, 1.165) is 16.5 Å². The maximum absolute atomic E-state index is 13.4. The van der Waals surface area contributed by atoms with Crippen LogP contribution in [0.25, 0.3) is 27.6 Å².